The Balaban J connectivity index is 1.26. The van der Waals surface area contributed by atoms with Crippen LogP contribution < -0.4 is 5.32 Å². The molecular formula is C21H34N2O2. The molecule has 1 saturated heterocycles. The molecule has 4 bridgehead atoms. The largest absolute Gasteiger partial charge is 0.392 e. The maximum atomic E-state index is 13.2. The third-order valence-electron chi connectivity index (χ3n) is 8.08. The van der Waals surface area contributed by atoms with E-state index in [-0.39, 0.29) is 23.6 Å². The van der Waals surface area contributed by atoms with Crippen molar-refractivity contribution in [3.63, 3.8) is 0 Å². The summed E-state index contributed by atoms with van der Waals surface area (Å²) in [6.45, 7) is 1.70. The van der Waals surface area contributed by atoms with Gasteiger partial charge in [0.15, 0.2) is 0 Å². The van der Waals surface area contributed by atoms with Gasteiger partial charge in [-0.15, -0.1) is 0 Å². The molecule has 6 rings (SSSR count). The molecule has 5 aliphatic carbocycles. The van der Waals surface area contributed by atoms with Gasteiger partial charge in [-0.1, -0.05) is 12.8 Å². The van der Waals surface area contributed by atoms with Crippen molar-refractivity contribution in [2.75, 3.05) is 13.1 Å². The van der Waals surface area contributed by atoms with Crippen molar-refractivity contribution in [2.24, 2.45) is 23.7 Å². The second-order valence-corrected chi connectivity index (χ2v) is 10.2. The molecule has 0 radical (unpaired) electrons. The minimum absolute atomic E-state index is 0.0939. The molecule has 25 heavy (non-hydrogen) atoms. The predicted octanol–water partition coefficient (Wildman–Crippen LogP) is 2.70. The molecule has 0 aromatic rings. The Kier molecular flexibility index (Phi) is 4.12. The summed E-state index contributed by atoms with van der Waals surface area (Å²) in [5.74, 6) is 3.53. The van der Waals surface area contributed by atoms with E-state index in [1.54, 1.807) is 0 Å². The van der Waals surface area contributed by atoms with E-state index in [2.05, 4.69) is 10.2 Å². The molecule has 6 fully saturated rings. The second kappa shape index (κ2) is 6.23. The second-order valence-electron chi connectivity index (χ2n) is 10.2. The maximum absolute atomic E-state index is 13.2. The fourth-order valence-corrected chi connectivity index (χ4v) is 7.49. The van der Waals surface area contributed by atoms with E-state index in [0.29, 0.717) is 13.0 Å². The van der Waals surface area contributed by atoms with Crippen LogP contribution in [0, 0.1) is 23.7 Å². The summed E-state index contributed by atoms with van der Waals surface area (Å²) < 4.78 is 0. The minimum Gasteiger partial charge on any atom is -0.392 e. The molecule has 0 aromatic carbocycles. The molecular weight excluding hydrogens is 312 g/mol. The summed E-state index contributed by atoms with van der Waals surface area (Å²) in [5, 5.41) is 13.8. The normalized spacial score (nSPS) is 46.8. The molecule has 6 aliphatic rings. The van der Waals surface area contributed by atoms with E-state index in [0.717, 1.165) is 30.2 Å². The number of carbonyl (C=O) groups excluding carboxylic acids is 1. The van der Waals surface area contributed by atoms with Gasteiger partial charge >= 0.3 is 0 Å². The zero-order chi connectivity index (χ0) is 17.0. The molecule has 140 valence electrons. The van der Waals surface area contributed by atoms with Gasteiger partial charge in [-0.25, -0.2) is 0 Å². The Hall–Kier alpha value is -0.610. The topological polar surface area (TPSA) is 52.6 Å². The number of hydrogen-bond acceptors (Lipinski definition) is 3. The lowest BCUT2D eigenvalue weighted by Crippen LogP contribution is -2.62. The SMILES string of the molecule is O=C(NC12CC3CC(CC(C3)C1)C2)[C@H]1C[C@@H](O)CN1CC1CCCC1. The van der Waals surface area contributed by atoms with Crippen LogP contribution in [0.4, 0.5) is 0 Å². The standard InChI is InChI=1S/C21H34N2O2/c24-18-8-19(23(13-18)12-14-3-1-2-4-14)20(25)22-21-9-15-5-16(10-21)7-17(6-15)11-21/h14-19,24H,1-13H2,(H,22,25)/t15?,16?,17?,18-,19-,21?/m1/s1. The van der Waals surface area contributed by atoms with Crippen LogP contribution >= 0.6 is 0 Å². The first-order valence-electron chi connectivity index (χ1n) is 10.8. The number of amides is 1. The smallest absolute Gasteiger partial charge is 0.237 e. The van der Waals surface area contributed by atoms with Crippen molar-refractivity contribution in [3.8, 4) is 0 Å². The molecule has 0 unspecified atom stereocenters. The van der Waals surface area contributed by atoms with Crippen molar-refractivity contribution < 1.29 is 9.90 Å². The Morgan fingerprint density at radius 1 is 1.00 bits per heavy atom. The van der Waals surface area contributed by atoms with Gasteiger partial charge in [0.05, 0.1) is 12.1 Å². The van der Waals surface area contributed by atoms with Crippen molar-refractivity contribution in [1.29, 1.82) is 0 Å². The number of carbonyl (C=O) groups is 1. The molecule has 1 aliphatic heterocycles. The van der Waals surface area contributed by atoms with Crippen LogP contribution in [0.2, 0.25) is 0 Å². The van der Waals surface area contributed by atoms with Crippen LogP contribution in [0.15, 0.2) is 0 Å². The third kappa shape index (κ3) is 3.14. The van der Waals surface area contributed by atoms with Crippen LogP contribution in [-0.2, 0) is 4.79 Å². The highest BCUT2D eigenvalue weighted by Gasteiger charge is 2.52. The number of hydrogen-bond donors (Lipinski definition) is 2. The van der Waals surface area contributed by atoms with Gasteiger partial charge < -0.3 is 10.4 Å². The lowest BCUT2D eigenvalue weighted by molar-refractivity contribution is -0.131. The van der Waals surface area contributed by atoms with Crippen molar-refractivity contribution in [2.45, 2.75) is 88.3 Å². The van der Waals surface area contributed by atoms with E-state index in [1.807, 2.05) is 0 Å². The fourth-order valence-electron chi connectivity index (χ4n) is 7.49. The van der Waals surface area contributed by atoms with Gasteiger partial charge in [0, 0.05) is 18.6 Å². The van der Waals surface area contributed by atoms with Crippen LogP contribution in [0.1, 0.15) is 70.6 Å². The lowest BCUT2D eigenvalue weighted by Gasteiger charge is -2.57. The summed E-state index contributed by atoms with van der Waals surface area (Å²) in [4.78, 5) is 15.5. The summed E-state index contributed by atoms with van der Waals surface area (Å²) >= 11 is 0. The molecule has 5 saturated carbocycles. The zero-order valence-corrected chi connectivity index (χ0v) is 15.5. The molecule has 2 atom stereocenters. The summed E-state index contributed by atoms with van der Waals surface area (Å²) in [6, 6.07) is -0.0939. The highest BCUT2D eigenvalue weighted by atomic mass is 16.3. The highest BCUT2D eigenvalue weighted by Crippen LogP contribution is 2.55. The van der Waals surface area contributed by atoms with Crippen molar-refractivity contribution in [1.82, 2.24) is 10.2 Å². The molecule has 0 spiro atoms. The van der Waals surface area contributed by atoms with E-state index < -0.39 is 0 Å². The van der Waals surface area contributed by atoms with Gasteiger partial charge in [-0.2, -0.15) is 0 Å². The molecule has 4 heteroatoms. The van der Waals surface area contributed by atoms with Gasteiger partial charge in [0.2, 0.25) is 5.91 Å². The number of likely N-dealkylation sites (tertiary alicyclic amines) is 1. The van der Waals surface area contributed by atoms with Crippen LogP contribution in [-0.4, -0.2) is 46.7 Å². The van der Waals surface area contributed by atoms with Crippen LogP contribution in [0.5, 0.6) is 0 Å². The Morgan fingerprint density at radius 2 is 1.60 bits per heavy atom. The first kappa shape index (κ1) is 16.6. The van der Waals surface area contributed by atoms with E-state index >= 15 is 0 Å². The van der Waals surface area contributed by atoms with Crippen LogP contribution in [0.3, 0.4) is 0 Å². The van der Waals surface area contributed by atoms with Gasteiger partial charge in [-0.3, -0.25) is 9.69 Å². The number of aliphatic hydroxyl groups is 1. The van der Waals surface area contributed by atoms with Crippen molar-refractivity contribution in [3.05, 3.63) is 0 Å². The third-order valence-corrected chi connectivity index (χ3v) is 8.08. The monoisotopic (exact) mass is 346 g/mol. The first-order chi connectivity index (χ1) is 12.1. The van der Waals surface area contributed by atoms with Crippen molar-refractivity contribution >= 4 is 5.91 Å². The van der Waals surface area contributed by atoms with Gasteiger partial charge in [0.25, 0.3) is 0 Å². The van der Waals surface area contributed by atoms with E-state index in [1.165, 1.54) is 64.2 Å². The number of nitrogens with one attached hydrogen (secondary N) is 1. The molecule has 0 aromatic heterocycles. The Morgan fingerprint density at radius 3 is 2.20 bits per heavy atom. The summed E-state index contributed by atoms with van der Waals surface area (Å²) in [5.41, 5.74) is 0.0956. The zero-order valence-electron chi connectivity index (χ0n) is 15.5. The average Bonchev–Trinajstić information content (AvgIpc) is 3.15. The number of rotatable bonds is 4. The number of nitrogens with zero attached hydrogens (tertiary/aromatic N) is 1. The lowest BCUT2D eigenvalue weighted by atomic mass is 9.53. The first-order valence-corrected chi connectivity index (χ1v) is 10.8. The van der Waals surface area contributed by atoms with E-state index in [9.17, 15) is 9.90 Å². The Bertz CT molecular complexity index is 493. The summed E-state index contributed by atoms with van der Waals surface area (Å²) in [6.07, 6.45) is 13.4. The summed E-state index contributed by atoms with van der Waals surface area (Å²) in [7, 11) is 0. The van der Waals surface area contributed by atoms with Gasteiger partial charge in [0.1, 0.15) is 0 Å². The predicted molar refractivity (Wildman–Crippen MR) is 97.0 cm³/mol. The molecule has 1 amide bonds. The minimum atomic E-state index is -0.325. The molecule has 2 N–H and O–H groups in total. The average molecular weight is 347 g/mol. The molecule has 1 heterocycles. The molecule has 4 nitrogen and oxygen atoms in total. The number of aliphatic hydroxyl groups excluding tert-OH is 1. The van der Waals surface area contributed by atoms with E-state index in [4.69, 9.17) is 0 Å². The fraction of sp³-hybridized carbons (Fsp3) is 0.952. The quantitative estimate of drug-likeness (QED) is 0.823. The van der Waals surface area contributed by atoms with Gasteiger partial charge in [-0.05, 0) is 81.5 Å². The Labute approximate surface area is 151 Å². The highest BCUT2D eigenvalue weighted by molar-refractivity contribution is 5.83. The maximum Gasteiger partial charge on any atom is 0.237 e. The van der Waals surface area contributed by atoms with Crippen LogP contribution in [0.25, 0.3) is 0 Å². The number of β-amino-alcohol motifs (C(OH)–C–C–N with tert-alkyl or cyclic N) is 1.